The van der Waals surface area contributed by atoms with E-state index in [1.165, 1.54) is 19.2 Å². The normalized spacial score (nSPS) is 11.9. The largest absolute Gasteiger partial charge is 0.480 e. The molecule has 0 fully saturated rings. The molecule has 1 atom stereocenters. The molecule has 17 heavy (non-hydrogen) atoms. The number of carboxylic acids is 1. The number of rotatable bonds is 5. The minimum atomic E-state index is -1.24. The zero-order valence-electron chi connectivity index (χ0n) is 9.01. The highest BCUT2D eigenvalue weighted by molar-refractivity contribution is 5.94. The molecular weight excluding hydrogens is 231 g/mol. The highest BCUT2D eigenvalue weighted by Gasteiger charge is 2.21. The maximum absolute atomic E-state index is 12.7. The molecule has 7 heteroatoms. The van der Waals surface area contributed by atoms with E-state index in [0.29, 0.717) is 0 Å². The monoisotopic (exact) mass is 242 g/mol. The Bertz CT molecular complexity index is 425. The third-order valence-electron chi connectivity index (χ3n) is 1.88. The lowest BCUT2D eigenvalue weighted by atomic mass is 10.2. The number of methoxy groups -OCH3 is 1. The number of aromatic nitrogens is 1. The first-order valence-corrected chi connectivity index (χ1v) is 4.69. The SMILES string of the molecule is COCC(NC(=O)c1cccc(F)n1)C(=O)O. The highest BCUT2D eigenvalue weighted by atomic mass is 19.1. The summed E-state index contributed by atoms with van der Waals surface area (Å²) >= 11 is 0. The van der Waals surface area contributed by atoms with Crippen molar-refractivity contribution in [1.82, 2.24) is 10.3 Å². The molecule has 1 amide bonds. The first kappa shape index (κ1) is 13.0. The van der Waals surface area contributed by atoms with Crippen molar-refractivity contribution in [1.29, 1.82) is 0 Å². The predicted molar refractivity (Wildman–Crippen MR) is 55.0 cm³/mol. The summed E-state index contributed by atoms with van der Waals surface area (Å²) in [6.45, 7) is -0.184. The average Bonchev–Trinajstić information content (AvgIpc) is 2.28. The Labute approximate surface area is 96.4 Å². The highest BCUT2D eigenvalue weighted by Crippen LogP contribution is 1.98. The minimum absolute atomic E-state index is 0.184. The molecule has 1 aromatic rings. The van der Waals surface area contributed by atoms with Gasteiger partial charge in [-0.2, -0.15) is 4.39 Å². The fraction of sp³-hybridized carbons (Fsp3) is 0.300. The number of halogens is 1. The van der Waals surface area contributed by atoms with E-state index in [4.69, 9.17) is 5.11 Å². The van der Waals surface area contributed by atoms with Crippen LogP contribution in [0.5, 0.6) is 0 Å². The molecule has 0 saturated carbocycles. The summed E-state index contributed by atoms with van der Waals surface area (Å²) in [5.41, 5.74) is -0.188. The van der Waals surface area contributed by atoms with Crippen LogP contribution in [0.3, 0.4) is 0 Å². The summed E-state index contributed by atoms with van der Waals surface area (Å²) in [4.78, 5) is 25.6. The van der Waals surface area contributed by atoms with E-state index in [-0.39, 0.29) is 12.3 Å². The lowest BCUT2D eigenvalue weighted by molar-refractivity contribution is -0.140. The Balaban J connectivity index is 2.73. The third-order valence-corrected chi connectivity index (χ3v) is 1.88. The van der Waals surface area contributed by atoms with Crippen LogP contribution in [0.4, 0.5) is 4.39 Å². The molecule has 0 saturated heterocycles. The lowest BCUT2D eigenvalue weighted by Gasteiger charge is -2.12. The van der Waals surface area contributed by atoms with Crippen molar-refractivity contribution in [3.8, 4) is 0 Å². The molecule has 1 rings (SSSR count). The number of carboxylic acid groups (broad SMARTS) is 1. The van der Waals surface area contributed by atoms with Gasteiger partial charge in [-0.1, -0.05) is 6.07 Å². The smallest absolute Gasteiger partial charge is 0.328 e. The van der Waals surface area contributed by atoms with Gasteiger partial charge in [-0.3, -0.25) is 4.79 Å². The second kappa shape index (κ2) is 5.90. The van der Waals surface area contributed by atoms with E-state index >= 15 is 0 Å². The van der Waals surface area contributed by atoms with Gasteiger partial charge in [0.15, 0.2) is 6.04 Å². The first-order valence-electron chi connectivity index (χ1n) is 4.69. The van der Waals surface area contributed by atoms with Crippen molar-refractivity contribution in [3.63, 3.8) is 0 Å². The van der Waals surface area contributed by atoms with Crippen molar-refractivity contribution in [2.24, 2.45) is 0 Å². The van der Waals surface area contributed by atoms with E-state index in [1.807, 2.05) is 0 Å². The molecule has 92 valence electrons. The van der Waals surface area contributed by atoms with E-state index in [9.17, 15) is 14.0 Å². The van der Waals surface area contributed by atoms with Crippen molar-refractivity contribution in [2.45, 2.75) is 6.04 Å². The van der Waals surface area contributed by atoms with Gasteiger partial charge in [0.05, 0.1) is 6.61 Å². The summed E-state index contributed by atoms with van der Waals surface area (Å²) in [6, 6.07) is 2.48. The van der Waals surface area contributed by atoms with Crippen LogP contribution < -0.4 is 5.32 Å². The topological polar surface area (TPSA) is 88.5 Å². The van der Waals surface area contributed by atoms with E-state index < -0.39 is 23.9 Å². The number of nitrogens with zero attached hydrogens (tertiary/aromatic N) is 1. The Morgan fingerprint density at radius 2 is 2.29 bits per heavy atom. The molecule has 0 spiro atoms. The van der Waals surface area contributed by atoms with Crippen molar-refractivity contribution < 1.29 is 23.8 Å². The van der Waals surface area contributed by atoms with Crippen molar-refractivity contribution in [2.75, 3.05) is 13.7 Å². The van der Waals surface area contributed by atoms with Crippen molar-refractivity contribution in [3.05, 3.63) is 29.8 Å². The molecule has 2 N–H and O–H groups in total. The maximum Gasteiger partial charge on any atom is 0.328 e. The number of nitrogens with one attached hydrogen (secondary N) is 1. The third kappa shape index (κ3) is 3.80. The molecule has 1 unspecified atom stereocenters. The number of carbonyl (C=O) groups excluding carboxylic acids is 1. The number of carbonyl (C=O) groups is 2. The summed E-state index contributed by atoms with van der Waals surface area (Å²) in [5.74, 6) is -2.82. The predicted octanol–water partition coefficient (Wildman–Crippen LogP) is 0.0501. The number of amides is 1. The molecule has 0 bridgehead atoms. The number of hydrogen-bond donors (Lipinski definition) is 2. The molecule has 0 aliphatic heterocycles. The second-order valence-corrected chi connectivity index (χ2v) is 3.17. The van der Waals surface area contributed by atoms with Crippen LogP contribution in [0.1, 0.15) is 10.5 Å². The van der Waals surface area contributed by atoms with Crippen LogP contribution >= 0.6 is 0 Å². The summed E-state index contributed by atoms with van der Waals surface area (Å²) in [7, 11) is 1.31. The van der Waals surface area contributed by atoms with E-state index in [2.05, 4.69) is 15.0 Å². The number of aliphatic carboxylic acids is 1. The zero-order chi connectivity index (χ0) is 12.8. The quantitative estimate of drug-likeness (QED) is 0.712. The molecular formula is C10H11FN2O4. The maximum atomic E-state index is 12.7. The molecule has 1 heterocycles. The molecule has 0 aliphatic rings. The standard InChI is InChI=1S/C10H11FN2O4/c1-17-5-7(10(15)16)13-9(14)6-3-2-4-8(11)12-6/h2-4,7H,5H2,1H3,(H,13,14)(H,15,16). The van der Waals surface area contributed by atoms with Crippen LogP contribution in [0.2, 0.25) is 0 Å². The molecule has 0 radical (unpaired) electrons. The van der Waals surface area contributed by atoms with Gasteiger partial charge in [-0.25, -0.2) is 9.78 Å². The first-order chi connectivity index (χ1) is 8.04. The van der Waals surface area contributed by atoms with Gasteiger partial charge in [0, 0.05) is 7.11 Å². The summed E-state index contributed by atoms with van der Waals surface area (Å²) in [6.07, 6.45) is 0. The van der Waals surface area contributed by atoms with Gasteiger partial charge in [0.2, 0.25) is 5.95 Å². The molecule has 0 aliphatic carbocycles. The van der Waals surface area contributed by atoms with Crippen LogP contribution in [-0.4, -0.2) is 41.7 Å². The minimum Gasteiger partial charge on any atom is -0.480 e. The van der Waals surface area contributed by atoms with Crippen LogP contribution in [-0.2, 0) is 9.53 Å². The van der Waals surface area contributed by atoms with E-state index in [0.717, 1.165) is 6.07 Å². The average molecular weight is 242 g/mol. The number of hydrogen-bond acceptors (Lipinski definition) is 4. The van der Waals surface area contributed by atoms with Crippen LogP contribution in [0.15, 0.2) is 18.2 Å². The summed E-state index contributed by atoms with van der Waals surface area (Å²) < 4.78 is 17.4. The van der Waals surface area contributed by atoms with Crippen LogP contribution in [0, 0.1) is 5.95 Å². The molecule has 0 aromatic carbocycles. The second-order valence-electron chi connectivity index (χ2n) is 3.17. The van der Waals surface area contributed by atoms with Crippen LogP contribution in [0.25, 0.3) is 0 Å². The Morgan fingerprint density at radius 3 is 2.82 bits per heavy atom. The van der Waals surface area contributed by atoms with E-state index in [1.54, 1.807) is 0 Å². The number of pyridine rings is 1. The molecule has 6 nitrogen and oxygen atoms in total. The van der Waals surface area contributed by atoms with Gasteiger partial charge in [0.1, 0.15) is 5.69 Å². The van der Waals surface area contributed by atoms with Gasteiger partial charge in [0.25, 0.3) is 5.91 Å². The van der Waals surface area contributed by atoms with Crippen molar-refractivity contribution >= 4 is 11.9 Å². The van der Waals surface area contributed by atoms with Gasteiger partial charge < -0.3 is 15.2 Å². The fourth-order valence-corrected chi connectivity index (χ4v) is 1.11. The Hall–Kier alpha value is -2.02. The Kier molecular flexibility index (Phi) is 4.53. The van der Waals surface area contributed by atoms with Gasteiger partial charge in [-0.05, 0) is 12.1 Å². The lowest BCUT2D eigenvalue weighted by Crippen LogP contribution is -2.44. The number of ether oxygens (including phenoxy) is 1. The Morgan fingerprint density at radius 1 is 1.59 bits per heavy atom. The zero-order valence-corrected chi connectivity index (χ0v) is 9.01. The van der Waals surface area contributed by atoms with Gasteiger partial charge in [-0.15, -0.1) is 0 Å². The van der Waals surface area contributed by atoms with Gasteiger partial charge >= 0.3 is 5.97 Å². The fourth-order valence-electron chi connectivity index (χ4n) is 1.11. The molecule has 1 aromatic heterocycles. The summed E-state index contributed by atoms with van der Waals surface area (Å²) in [5, 5.41) is 10.9.